The van der Waals surface area contributed by atoms with E-state index in [0.29, 0.717) is 0 Å². The van der Waals surface area contributed by atoms with Gasteiger partial charge in [-0.05, 0) is 0 Å². The second kappa shape index (κ2) is 6.69. The second-order valence-electron chi connectivity index (χ2n) is 4.56. The van der Waals surface area contributed by atoms with Crippen LogP contribution in [0.3, 0.4) is 0 Å². The molecular weight excluding hydrogens is 280 g/mol. The molecule has 0 spiro atoms. The fourth-order valence-electron chi connectivity index (χ4n) is 2.04. The number of aliphatic hydroxyl groups excluding tert-OH is 2. The van der Waals surface area contributed by atoms with Crippen molar-refractivity contribution in [3.05, 3.63) is 32.6 Å². The highest BCUT2D eigenvalue weighted by Crippen LogP contribution is 2.27. The van der Waals surface area contributed by atoms with Crippen molar-refractivity contribution in [1.82, 2.24) is 9.55 Å². The smallest absolute Gasteiger partial charge is 0.330 e. The first-order chi connectivity index (χ1) is 10.1. The predicted molar refractivity (Wildman–Crippen MR) is 71.7 cm³/mol. The molecule has 8 nitrogen and oxygen atoms in total. The van der Waals surface area contributed by atoms with Crippen LogP contribution in [0.5, 0.6) is 0 Å². The van der Waals surface area contributed by atoms with Gasteiger partial charge in [-0.3, -0.25) is 14.3 Å². The van der Waals surface area contributed by atoms with Gasteiger partial charge in [0, 0.05) is 19.7 Å². The van der Waals surface area contributed by atoms with Gasteiger partial charge in [0.25, 0.3) is 5.56 Å². The predicted octanol–water partition coefficient (Wildman–Crippen LogP) is -1.82. The topological polar surface area (TPSA) is 114 Å². The molecule has 0 aromatic carbocycles. The first-order valence-corrected chi connectivity index (χ1v) is 6.34. The first kappa shape index (κ1) is 15.5. The lowest BCUT2D eigenvalue weighted by Crippen LogP contribution is -2.33. The van der Waals surface area contributed by atoms with Gasteiger partial charge in [-0.1, -0.05) is 11.8 Å². The summed E-state index contributed by atoms with van der Waals surface area (Å²) in [7, 11) is 1.47. The van der Waals surface area contributed by atoms with Crippen LogP contribution in [0, 0.1) is 11.8 Å². The third-order valence-electron chi connectivity index (χ3n) is 3.10. The molecule has 3 N–H and O–H groups in total. The molecule has 2 heterocycles. The summed E-state index contributed by atoms with van der Waals surface area (Å²) in [4.78, 5) is 25.6. The summed E-state index contributed by atoms with van der Waals surface area (Å²) in [5.41, 5.74) is -1.16. The van der Waals surface area contributed by atoms with E-state index >= 15 is 0 Å². The standard InChI is InChI=1S/C13H16N2O6/c1-20-4-2-3-8-6-15(13(19)14-12(8)18)11-5-9(17)10(7-16)21-11/h6,9-11,16-17H,4-5,7H2,1H3,(H,14,18,19)/t9-,10+,11+/m0/s1. The van der Waals surface area contributed by atoms with Gasteiger partial charge in [0.15, 0.2) is 0 Å². The van der Waals surface area contributed by atoms with Crippen LogP contribution < -0.4 is 11.2 Å². The molecule has 0 unspecified atom stereocenters. The van der Waals surface area contributed by atoms with Gasteiger partial charge in [-0.25, -0.2) is 4.79 Å². The second-order valence-corrected chi connectivity index (χ2v) is 4.56. The highest BCUT2D eigenvalue weighted by molar-refractivity contribution is 5.29. The quantitative estimate of drug-likeness (QED) is 0.566. The third kappa shape index (κ3) is 3.40. The number of hydrogen-bond donors (Lipinski definition) is 3. The zero-order valence-corrected chi connectivity index (χ0v) is 11.4. The Balaban J connectivity index is 2.33. The molecule has 1 aromatic rings. The molecular formula is C13H16N2O6. The van der Waals surface area contributed by atoms with Gasteiger partial charge < -0.3 is 19.7 Å². The fourth-order valence-corrected chi connectivity index (χ4v) is 2.04. The SMILES string of the molecule is COCC#Cc1cn([C@H]2C[C@H](O)[C@@H](CO)O2)c(=O)[nH]c1=O. The maximum absolute atomic E-state index is 11.8. The average molecular weight is 296 g/mol. The van der Waals surface area contributed by atoms with Crippen molar-refractivity contribution < 1.29 is 19.7 Å². The Morgan fingerprint density at radius 2 is 2.33 bits per heavy atom. The molecule has 0 saturated carbocycles. The van der Waals surface area contributed by atoms with Crippen LogP contribution in [-0.4, -0.2) is 52.3 Å². The van der Waals surface area contributed by atoms with E-state index in [2.05, 4.69) is 16.8 Å². The third-order valence-corrected chi connectivity index (χ3v) is 3.10. The Bertz CT molecular complexity index is 668. The van der Waals surface area contributed by atoms with Crippen LogP contribution >= 0.6 is 0 Å². The number of aromatic amines is 1. The van der Waals surface area contributed by atoms with Crippen molar-refractivity contribution in [1.29, 1.82) is 0 Å². The van der Waals surface area contributed by atoms with Gasteiger partial charge >= 0.3 is 5.69 Å². The summed E-state index contributed by atoms with van der Waals surface area (Å²) < 4.78 is 11.3. The van der Waals surface area contributed by atoms with E-state index in [-0.39, 0.29) is 25.2 Å². The van der Waals surface area contributed by atoms with Crippen LogP contribution in [-0.2, 0) is 9.47 Å². The summed E-state index contributed by atoms with van der Waals surface area (Å²) in [5, 5.41) is 18.7. The average Bonchev–Trinajstić information content (AvgIpc) is 2.82. The molecule has 0 aliphatic carbocycles. The maximum Gasteiger partial charge on any atom is 0.330 e. The van der Waals surface area contributed by atoms with Gasteiger partial charge in [-0.2, -0.15) is 0 Å². The molecule has 0 bridgehead atoms. The number of aliphatic hydroxyl groups is 2. The largest absolute Gasteiger partial charge is 0.394 e. The molecule has 8 heteroatoms. The van der Waals surface area contributed by atoms with Gasteiger partial charge in [0.05, 0.1) is 12.7 Å². The van der Waals surface area contributed by atoms with E-state index in [1.165, 1.54) is 13.3 Å². The molecule has 2 rings (SSSR count). The van der Waals surface area contributed by atoms with E-state index < -0.39 is 29.7 Å². The molecule has 0 amide bonds. The minimum atomic E-state index is -0.873. The zero-order chi connectivity index (χ0) is 15.4. The highest BCUT2D eigenvalue weighted by Gasteiger charge is 2.35. The number of nitrogens with one attached hydrogen (secondary N) is 1. The minimum Gasteiger partial charge on any atom is -0.394 e. The van der Waals surface area contributed by atoms with Crippen molar-refractivity contribution in [3.63, 3.8) is 0 Å². The number of methoxy groups -OCH3 is 1. The lowest BCUT2D eigenvalue weighted by atomic mass is 10.2. The van der Waals surface area contributed by atoms with Gasteiger partial charge in [-0.15, -0.1) is 0 Å². The number of aromatic nitrogens is 2. The number of H-pyrrole nitrogens is 1. The molecule has 3 atom stereocenters. The maximum atomic E-state index is 11.8. The number of ether oxygens (including phenoxy) is 2. The molecule has 1 saturated heterocycles. The van der Waals surface area contributed by atoms with E-state index in [4.69, 9.17) is 14.6 Å². The van der Waals surface area contributed by atoms with Crippen molar-refractivity contribution in [2.24, 2.45) is 0 Å². The van der Waals surface area contributed by atoms with E-state index in [1.807, 2.05) is 0 Å². The Morgan fingerprint density at radius 3 is 2.95 bits per heavy atom. The Morgan fingerprint density at radius 1 is 1.57 bits per heavy atom. The molecule has 21 heavy (non-hydrogen) atoms. The van der Waals surface area contributed by atoms with Crippen LogP contribution in [0.1, 0.15) is 18.2 Å². The van der Waals surface area contributed by atoms with Crippen LogP contribution in [0.25, 0.3) is 0 Å². The van der Waals surface area contributed by atoms with Crippen LogP contribution in [0.4, 0.5) is 0 Å². The normalized spacial score (nSPS) is 24.6. The van der Waals surface area contributed by atoms with Crippen LogP contribution in [0.15, 0.2) is 15.8 Å². The van der Waals surface area contributed by atoms with Gasteiger partial charge in [0.1, 0.15) is 24.5 Å². The monoisotopic (exact) mass is 296 g/mol. The summed E-state index contributed by atoms with van der Waals surface area (Å²) in [6, 6.07) is 0. The van der Waals surface area contributed by atoms with E-state index in [1.54, 1.807) is 0 Å². The molecule has 114 valence electrons. The van der Waals surface area contributed by atoms with Gasteiger partial charge in [0.2, 0.25) is 0 Å². The lowest BCUT2D eigenvalue weighted by Gasteiger charge is -2.14. The molecule has 1 aliphatic heterocycles. The van der Waals surface area contributed by atoms with Crippen LogP contribution in [0.2, 0.25) is 0 Å². The fraction of sp³-hybridized carbons (Fsp3) is 0.538. The summed E-state index contributed by atoms with van der Waals surface area (Å²) in [6.45, 7) is -0.194. The summed E-state index contributed by atoms with van der Waals surface area (Å²) >= 11 is 0. The Hall–Kier alpha value is -1.92. The number of hydrogen-bond acceptors (Lipinski definition) is 6. The molecule has 1 aliphatic rings. The molecule has 1 aromatic heterocycles. The number of rotatable bonds is 3. The molecule has 0 radical (unpaired) electrons. The van der Waals surface area contributed by atoms with E-state index in [9.17, 15) is 14.7 Å². The number of nitrogens with zero attached hydrogens (tertiary/aromatic N) is 1. The lowest BCUT2D eigenvalue weighted by molar-refractivity contribution is -0.0459. The zero-order valence-electron chi connectivity index (χ0n) is 11.4. The van der Waals surface area contributed by atoms with Crippen molar-refractivity contribution in [3.8, 4) is 11.8 Å². The highest BCUT2D eigenvalue weighted by atomic mass is 16.5. The Kier molecular flexibility index (Phi) is 4.93. The summed E-state index contributed by atoms with van der Waals surface area (Å²) in [6.07, 6.45) is -0.966. The minimum absolute atomic E-state index is 0.0946. The first-order valence-electron chi connectivity index (χ1n) is 6.34. The Labute approximate surface area is 119 Å². The van der Waals surface area contributed by atoms with Crippen molar-refractivity contribution >= 4 is 0 Å². The van der Waals surface area contributed by atoms with E-state index in [0.717, 1.165) is 4.57 Å². The van der Waals surface area contributed by atoms with Crippen molar-refractivity contribution in [2.75, 3.05) is 20.3 Å². The summed E-state index contributed by atoms with van der Waals surface area (Å²) in [5.74, 6) is 5.22. The van der Waals surface area contributed by atoms with Crippen molar-refractivity contribution in [2.45, 2.75) is 24.9 Å². The molecule has 1 fully saturated rings.